The van der Waals surface area contributed by atoms with Gasteiger partial charge in [0.25, 0.3) is 5.91 Å². The highest BCUT2D eigenvalue weighted by atomic mass is 16.3. The molecule has 4 heteroatoms. The van der Waals surface area contributed by atoms with E-state index in [4.69, 9.17) is 0 Å². The summed E-state index contributed by atoms with van der Waals surface area (Å²) in [5.74, 6) is -0.232. The SMILES string of the molecule is O=C(c1cc2ccccc2cc1O)N1CC[C@@H](O)C1. The lowest BCUT2D eigenvalue weighted by molar-refractivity contribution is 0.0762. The molecule has 1 saturated heterocycles. The standard InChI is InChI=1S/C15H15NO3/c17-12-5-6-16(9-12)15(19)13-7-10-3-1-2-4-11(10)8-14(13)18/h1-4,7-8,12,17-18H,5-6,9H2/t12-/m1/s1. The number of aliphatic hydroxyl groups excluding tert-OH is 1. The van der Waals surface area contributed by atoms with Crippen molar-refractivity contribution in [2.75, 3.05) is 13.1 Å². The van der Waals surface area contributed by atoms with Gasteiger partial charge in [-0.25, -0.2) is 0 Å². The Labute approximate surface area is 110 Å². The normalized spacial score (nSPS) is 19.0. The number of likely N-dealkylation sites (tertiary alicyclic amines) is 1. The monoisotopic (exact) mass is 257 g/mol. The number of benzene rings is 2. The molecule has 0 radical (unpaired) electrons. The Hall–Kier alpha value is -2.07. The van der Waals surface area contributed by atoms with E-state index in [1.807, 2.05) is 24.3 Å². The summed E-state index contributed by atoms with van der Waals surface area (Å²) in [4.78, 5) is 13.9. The first kappa shape index (κ1) is 12.0. The molecule has 1 fully saturated rings. The van der Waals surface area contributed by atoms with Crippen molar-refractivity contribution < 1.29 is 15.0 Å². The molecular weight excluding hydrogens is 242 g/mol. The highest BCUT2D eigenvalue weighted by molar-refractivity contribution is 6.01. The van der Waals surface area contributed by atoms with E-state index in [9.17, 15) is 15.0 Å². The minimum absolute atomic E-state index is 0.00918. The van der Waals surface area contributed by atoms with E-state index in [-0.39, 0.29) is 11.7 Å². The molecule has 1 amide bonds. The molecule has 3 rings (SSSR count). The maximum Gasteiger partial charge on any atom is 0.257 e. The van der Waals surface area contributed by atoms with Gasteiger partial charge < -0.3 is 15.1 Å². The zero-order valence-corrected chi connectivity index (χ0v) is 10.4. The second-order valence-corrected chi connectivity index (χ2v) is 4.91. The maximum atomic E-state index is 12.3. The fourth-order valence-corrected chi connectivity index (χ4v) is 2.50. The van der Waals surface area contributed by atoms with Crippen molar-refractivity contribution in [1.29, 1.82) is 0 Å². The second-order valence-electron chi connectivity index (χ2n) is 4.91. The Morgan fingerprint density at radius 3 is 2.53 bits per heavy atom. The summed E-state index contributed by atoms with van der Waals surface area (Å²) in [5.41, 5.74) is 0.299. The van der Waals surface area contributed by atoms with Crippen molar-refractivity contribution >= 4 is 16.7 Å². The van der Waals surface area contributed by atoms with Gasteiger partial charge >= 0.3 is 0 Å². The van der Waals surface area contributed by atoms with Gasteiger partial charge in [0, 0.05) is 13.1 Å². The maximum absolute atomic E-state index is 12.3. The number of carbonyl (C=O) groups excluding carboxylic acids is 1. The third-order valence-corrected chi connectivity index (χ3v) is 3.55. The van der Waals surface area contributed by atoms with Crippen molar-refractivity contribution in [3.63, 3.8) is 0 Å². The number of hydrogen-bond acceptors (Lipinski definition) is 3. The van der Waals surface area contributed by atoms with Gasteiger partial charge in [-0.2, -0.15) is 0 Å². The number of hydrogen-bond donors (Lipinski definition) is 2. The molecule has 19 heavy (non-hydrogen) atoms. The molecular formula is C15H15NO3. The molecule has 2 aromatic carbocycles. The predicted octanol–water partition coefficient (Wildman–Crippen LogP) is 1.75. The first-order chi connectivity index (χ1) is 9.15. The van der Waals surface area contributed by atoms with Gasteiger partial charge in [0.05, 0.1) is 11.7 Å². The van der Waals surface area contributed by atoms with Crippen LogP contribution in [0, 0.1) is 0 Å². The third kappa shape index (κ3) is 2.15. The van der Waals surface area contributed by atoms with E-state index in [2.05, 4.69) is 0 Å². The van der Waals surface area contributed by atoms with Gasteiger partial charge in [0.1, 0.15) is 5.75 Å². The third-order valence-electron chi connectivity index (χ3n) is 3.55. The molecule has 1 aliphatic heterocycles. The van der Waals surface area contributed by atoms with Crippen LogP contribution in [-0.2, 0) is 0 Å². The molecule has 2 N–H and O–H groups in total. The second kappa shape index (κ2) is 4.55. The number of amides is 1. The van der Waals surface area contributed by atoms with Gasteiger partial charge in [-0.15, -0.1) is 0 Å². The van der Waals surface area contributed by atoms with Crippen LogP contribution in [0.15, 0.2) is 36.4 Å². The van der Waals surface area contributed by atoms with Gasteiger partial charge in [-0.3, -0.25) is 4.79 Å². The molecule has 0 aliphatic carbocycles. The van der Waals surface area contributed by atoms with Gasteiger partial charge in [-0.1, -0.05) is 24.3 Å². The minimum Gasteiger partial charge on any atom is -0.507 e. The van der Waals surface area contributed by atoms with Crippen LogP contribution in [0.25, 0.3) is 10.8 Å². The van der Waals surface area contributed by atoms with Crippen LogP contribution in [0.2, 0.25) is 0 Å². The Kier molecular flexibility index (Phi) is 2.87. The van der Waals surface area contributed by atoms with Crippen LogP contribution in [0.5, 0.6) is 5.75 Å². The molecule has 1 heterocycles. The molecule has 98 valence electrons. The molecule has 0 bridgehead atoms. The summed E-state index contributed by atoms with van der Waals surface area (Å²) in [5, 5.41) is 21.3. The lowest BCUT2D eigenvalue weighted by Crippen LogP contribution is -2.29. The number of β-amino-alcohol motifs (C(OH)–C–C–N with tert-alkyl or cyclic N) is 1. The summed E-state index contributed by atoms with van der Waals surface area (Å²) >= 11 is 0. The van der Waals surface area contributed by atoms with E-state index < -0.39 is 6.10 Å². The van der Waals surface area contributed by atoms with E-state index in [0.717, 1.165) is 10.8 Å². The number of phenols is 1. The summed E-state index contributed by atoms with van der Waals surface area (Å²) in [6.07, 6.45) is 0.145. The highest BCUT2D eigenvalue weighted by Gasteiger charge is 2.27. The molecule has 1 aliphatic rings. The lowest BCUT2D eigenvalue weighted by atomic mass is 10.1. The topological polar surface area (TPSA) is 60.8 Å². The van der Waals surface area contributed by atoms with E-state index in [1.165, 1.54) is 0 Å². The fourth-order valence-electron chi connectivity index (χ4n) is 2.50. The molecule has 0 saturated carbocycles. The van der Waals surface area contributed by atoms with Crippen LogP contribution < -0.4 is 0 Å². The Morgan fingerprint density at radius 1 is 1.21 bits per heavy atom. The van der Waals surface area contributed by atoms with Crippen LogP contribution in [0.3, 0.4) is 0 Å². The quantitative estimate of drug-likeness (QED) is 0.818. The lowest BCUT2D eigenvalue weighted by Gasteiger charge is -2.16. The van der Waals surface area contributed by atoms with Crippen LogP contribution >= 0.6 is 0 Å². The van der Waals surface area contributed by atoms with E-state index in [1.54, 1.807) is 17.0 Å². The van der Waals surface area contributed by atoms with Crippen LogP contribution in [0.4, 0.5) is 0 Å². The van der Waals surface area contributed by atoms with Crippen molar-refractivity contribution in [3.8, 4) is 5.75 Å². The number of fused-ring (bicyclic) bond motifs is 1. The van der Waals surface area contributed by atoms with Crippen molar-refractivity contribution in [2.45, 2.75) is 12.5 Å². The smallest absolute Gasteiger partial charge is 0.257 e. The van der Waals surface area contributed by atoms with Crippen molar-refractivity contribution in [3.05, 3.63) is 42.0 Å². The molecule has 0 spiro atoms. The zero-order chi connectivity index (χ0) is 13.4. The number of phenolic OH excluding ortho intramolecular Hbond substituents is 1. The molecule has 4 nitrogen and oxygen atoms in total. The number of nitrogens with zero attached hydrogens (tertiary/aromatic N) is 1. The van der Waals surface area contributed by atoms with Gasteiger partial charge in [-0.05, 0) is 29.3 Å². The summed E-state index contributed by atoms with van der Waals surface area (Å²) in [6, 6.07) is 10.9. The van der Waals surface area contributed by atoms with Crippen LogP contribution in [0.1, 0.15) is 16.8 Å². The predicted molar refractivity (Wildman–Crippen MR) is 72.1 cm³/mol. The number of carbonyl (C=O) groups is 1. The van der Waals surface area contributed by atoms with Gasteiger partial charge in [0.2, 0.25) is 0 Å². The summed E-state index contributed by atoms with van der Waals surface area (Å²) in [7, 11) is 0. The van der Waals surface area contributed by atoms with Crippen molar-refractivity contribution in [2.24, 2.45) is 0 Å². The Bertz CT molecular complexity index is 638. The average molecular weight is 257 g/mol. The largest absolute Gasteiger partial charge is 0.507 e. The first-order valence-corrected chi connectivity index (χ1v) is 6.34. The zero-order valence-electron chi connectivity index (χ0n) is 10.4. The summed E-state index contributed by atoms with van der Waals surface area (Å²) < 4.78 is 0. The fraction of sp³-hybridized carbons (Fsp3) is 0.267. The van der Waals surface area contributed by atoms with Gasteiger partial charge in [0.15, 0.2) is 0 Å². The average Bonchev–Trinajstić information content (AvgIpc) is 2.84. The number of rotatable bonds is 1. The molecule has 0 aromatic heterocycles. The van der Waals surface area contributed by atoms with Crippen LogP contribution in [-0.4, -0.2) is 40.2 Å². The summed E-state index contributed by atoms with van der Waals surface area (Å²) in [6.45, 7) is 0.872. The highest BCUT2D eigenvalue weighted by Crippen LogP contribution is 2.27. The first-order valence-electron chi connectivity index (χ1n) is 6.34. The molecule has 0 unspecified atom stereocenters. The van der Waals surface area contributed by atoms with E-state index in [0.29, 0.717) is 25.1 Å². The number of aliphatic hydroxyl groups is 1. The molecule has 1 atom stereocenters. The minimum atomic E-state index is -0.452. The Morgan fingerprint density at radius 2 is 1.89 bits per heavy atom. The van der Waals surface area contributed by atoms with E-state index >= 15 is 0 Å². The Balaban J connectivity index is 2.00. The van der Waals surface area contributed by atoms with Crippen molar-refractivity contribution in [1.82, 2.24) is 4.90 Å². The molecule has 2 aromatic rings. The number of aromatic hydroxyl groups is 1.